The summed E-state index contributed by atoms with van der Waals surface area (Å²) in [6.07, 6.45) is 3.30. The van der Waals surface area contributed by atoms with Crippen LogP contribution < -0.4 is 16.0 Å². The lowest BCUT2D eigenvalue weighted by Crippen LogP contribution is -2.45. The van der Waals surface area contributed by atoms with Crippen molar-refractivity contribution >= 4 is 6.03 Å². The summed E-state index contributed by atoms with van der Waals surface area (Å²) in [6.45, 7) is 4.27. The zero-order valence-electron chi connectivity index (χ0n) is 9.63. The maximum absolute atomic E-state index is 11.6. The first-order valence-corrected chi connectivity index (χ1v) is 6.17. The molecule has 2 aliphatic heterocycles. The zero-order chi connectivity index (χ0) is 11.2. The first kappa shape index (κ1) is 11.7. The van der Waals surface area contributed by atoms with Crippen LogP contribution >= 0.6 is 0 Å². The number of carbonyl (C=O) groups excluding carboxylic acids is 1. The number of carbonyl (C=O) groups is 1. The van der Waals surface area contributed by atoms with Gasteiger partial charge >= 0.3 is 6.03 Å². The Labute approximate surface area is 96.3 Å². The van der Waals surface area contributed by atoms with E-state index in [1.807, 2.05) is 0 Å². The molecule has 2 unspecified atom stereocenters. The van der Waals surface area contributed by atoms with Crippen LogP contribution in [0.4, 0.5) is 4.79 Å². The molecule has 0 aliphatic carbocycles. The molecule has 3 N–H and O–H groups in total. The van der Waals surface area contributed by atoms with E-state index in [4.69, 9.17) is 4.74 Å². The molecule has 2 amide bonds. The van der Waals surface area contributed by atoms with Crippen molar-refractivity contribution in [3.8, 4) is 0 Å². The highest BCUT2D eigenvalue weighted by Gasteiger charge is 2.18. The number of urea groups is 1. The second-order valence-corrected chi connectivity index (χ2v) is 4.63. The molecule has 5 heteroatoms. The van der Waals surface area contributed by atoms with E-state index in [1.54, 1.807) is 0 Å². The van der Waals surface area contributed by atoms with Crippen LogP contribution in [0.1, 0.15) is 19.3 Å². The van der Waals surface area contributed by atoms with Crippen LogP contribution in [-0.2, 0) is 4.74 Å². The Bertz CT molecular complexity index is 223. The van der Waals surface area contributed by atoms with Crippen molar-refractivity contribution in [3.05, 3.63) is 0 Å². The SMILES string of the molecule is O=C(NCC1CCCOC1)NC1CCNC1. The minimum absolute atomic E-state index is 0.0423. The van der Waals surface area contributed by atoms with Gasteiger partial charge in [0.2, 0.25) is 0 Å². The molecule has 0 aromatic carbocycles. The summed E-state index contributed by atoms with van der Waals surface area (Å²) < 4.78 is 5.37. The molecule has 16 heavy (non-hydrogen) atoms. The van der Waals surface area contributed by atoms with E-state index in [2.05, 4.69) is 16.0 Å². The third-order valence-electron chi connectivity index (χ3n) is 3.20. The first-order chi connectivity index (χ1) is 7.84. The third kappa shape index (κ3) is 3.64. The summed E-state index contributed by atoms with van der Waals surface area (Å²) in [5, 5.41) is 9.11. The Morgan fingerprint density at radius 3 is 3.06 bits per heavy atom. The van der Waals surface area contributed by atoms with Crippen molar-refractivity contribution in [3.63, 3.8) is 0 Å². The number of amides is 2. The van der Waals surface area contributed by atoms with Gasteiger partial charge in [-0.2, -0.15) is 0 Å². The highest BCUT2D eigenvalue weighted by molar-refractivity contribution is 5.74. The maximum Gasteiger partial charge on any atom is 0.315 e. The van der Waals surface area contributed by atoms with E-state index in [9.17, 15) is 4.79 Å². The van der Waals surface area contributed by atoms with Gasteiger partial charge in [-0.15, -0.1) is 0 Å². The van der Waals surface area contributed by atoms with E-state index in [0.29, 0.717) is 12.0 Å². The van der Waals surface area contributed by atoms with Crippen LogP contribution in [0.15, 0.2) is 0 Å². The van der Waals surface area contributed by atoms with Crippen LogP contribution in [0.2, 0.25) is 0 Å². The zero-order valence-corrected chi connectivity index (χ0v) is 9.63. The van der Waals surface area contributed by atoms with Gasteiger partial charge in [-0.1, -0.05) is 0 Å². The molecule has 2 atom stereocenters. The second-order valence-electron chi connectivity index (χ2n) is 4.63. The highest BCUT2D eigenvalue weighted by Crippen LogP contribution is 2.11. The monoisotopic (exact) mass is 227 g/mol. The lowest BCUT2D eigenvalue weighted by atomic mass is 10.0. The molecule has 5 nitrogen and oxygen atoms in total. The minimum Gasteiger partial charge on any atom is -0.381 e. The molecule has 0 aromatic rings. The van der Waals surface area contributed by atoms with Crippen LogP contribution in [0.25, 0.3) is 0 Å². The van der Waals surface area contributed by atoms with Gasteiger partial charge in [-0.3, -0.25) is 0 Å². The molecule has 2 saturated heterocycles. The summed E-state index contributed by atoms with van der Waals surface area (Å²) in [5.74, 6) is 0.487. The molecule has 0 saturated carbocycles. The summed E-state index contributed by atoms with van der Waals surface area (Å²) in [6, 6.07) is 0.252. The molecule has 92 valence electrons. The van der Waals surface area contributed by atoms with E-state index in [-0.39, 0.29) is 6.03 Å². The van der Waals surface area contributed by atoms with Crippen LogP contribution in [0.5, 0.6) is 0 Å². The first-order valence-electron chi connectivity index (χ1n) is 6.17. The molecule has 0 spiro atoms. The van der Waals surface area contributed by atoms with Gasteiger partial charge < -0.3 is 20.7 Å². The molecule has 0 radical (unpaired) electrons. The van der Waals surface area contributed by atoms with Crippen molar-refractivity contribution in [2.75, 3.05) is 32.8 Å². The molecule has 0 aromatic heterocycles. The summed E-state index contributed by atoms with van der Waals surface area (Å²) >= 11 is 0. The standard InChI is InChI=1S/C11H21N3O2/c15-11(14-10-3-4-12-7-10)13-6-9-2-1-5-16-8-9/h9-10,12H,1-8H2,(H2,13,14,15). The average Bonchev–Trinajstić information content (AvgIpc) is 2.81. The molecule has 2 aliphatic rings. The minimum atomic E-state index is -0.0423. The Morgan fingerprint density at radius 2 is 2.38 bits per heavy atom. The number of ether oxygens (including phenoxy) is 1. The third-order valence-corrected chi connectivity index (χ3v) is 3.20. The van der Waals surface area contributed by atoms with Gasteiger partial charge in [0.15, 0.2) is 0 Å². The fourth-order valence-electron chi connectivity index (χ4n) is 2.22. The van der Waals surface area contributed by atoms with Crippen molar-refractivity contribution in [1.29, 1.82) is 0 Å². The number of hydrogen-bond donors (Lipinski definition) is 3. The van der Waals surface area contributed by atoms with Crippen LogP contribution in [-0.4, -0.2) is 44.9 Å². The van der Waals surface area contributed by atoms with Crippen molar-refractivity contribution < 1.29 is 9.53 Å². The maximum atomic E-state index is 11.6. The topological polar surface area (TPSA) is 62.4 Å². The van der Waals surface area contributed by atoms with E-state index in [0.717, 1.165) is 52.1 Å². The van der Waals surface area contributed by atoms with E-state index < -0.39 is 0 Å². The second kappa shape index (κ2) is 6.06. The molecule has 2 rings (SSSR count). The van der Waals surface area contributed by atoms with Crippen molar-refractivity contribution in [1.82, 2.24) is 16.0 Å². The van der Waals surface area contributed by atoms with Gasteiger partial charge in [0, 0.05) is 25.7 Å². The van der Waals surface area contributed by atoms with Gasteiger partial charge in [-0.25, -0.2) is 4.79 Å². The van der Waals surface area contributed by atoms with Gasteiger partial charge in [0.25, 0.3) is 0 Å². The molecular formula is C11H21N3O2. The summed E-state index contributed by atoms with van der Waals surface area (Å²) in [4.78, 5) is 11.6. The Balaban J connectivity index is 1.59. The molecule has 2 fully saturated rings. The number of hydrogen-bond acceptors (Lipinski definition) is 3. The molecule has 2 heterocycles. The van der Waals surface area contributed by atoms with Gasteiger partial charge in [0.1, 0.15) is 0 Å². The van der Waals surface area contributed by atoms with Gasteiger partial charge in [0.05, 0.1) is 6.61 Å². The van der Waals surface area contributed by atoms with E-state index in [1.165, 1.54) is 0 Å². The van der Waals surface area contributed by atoms with E-state index >= 15 is 0 Å². The Morgan fingerprint density at radius 1 is 1.44 bits per heavy atom. The van der Waals surface area contributed by atoms with Crippen LogP contribution in [0.3, 0.4) is 0 Å². The summed E-state index contributed by atoms with van der Waals surface area (Å²) in [7, 11) is 0. The largest absolute Gasteiger partial charge is 0.381 e. The Hall–Kier alpha value is -0.810. The molecular weight excluding hydrogens is 206 g/mol. The summed E-state index contributed by atoms with van der Waals surface area (Å²) in [5.41, 5.74) is 0. The van der Waals surface area contributed by atoms with Crippen molar-refractivity contribution in [2.24, 2.45) is 5.92 Å². The normalized spacial score (nSPS) is 30.0. The fourth-order valence-corrected chi connectivity index (χ4v) is 2.22. The average molecular weight is 227 g/mol. The smallest absolute Gasteiger partial charge is 0.315 e. The molecule has 0 bridgehead atoms. The van der Waals surface area contributed by atoms with Crippen molar-refractivity contribution in [2.45, 2.75) is 25.3 Å². The lowest BCUT2D eigenvalue weighted by Gasteiger charge is -2.22. The highest BCUT2D eigenvalue weighted by atomic mass is 16.5. The number of nitrogens with one attached hydrogen (secondary N) is 3. The fraction of sp³-hybridized carbons (Fsp3) is 0.909. The quantitative estimate of drug-likeness (QED) is 0.639. The lowest BCUT2D eigenvalue weighted by molar-refractivity contribution is 0.0557. The predicted octanol–water partition coefficient (Wildman–Crippen LogP) is 0.0741. The number of rotatable bonds is 3. The Kier molecular flexibility index (Phi) is 4.42. The van der Waals surface area contributed by atoms with Gasteiger partial charge in [-0.05, 0) is 31.7 Å². The predicted molar refractivity (Wildman–Crippen MR) is 61.4 cm³/mol. The van der Waals surface area contributed by atoms with Crippen LogP contribution in [0, 0.1) is 5.92 Å².